The maximum absolute atomic E-state index is 13.1. The number of rotatable bonds is 2. The molecule has 1 aliphatic carbocycles. The zero-order valence-corrected chi connectivity index (χ0v) is 18.5. The molecule has 1 aliphatic heterocycles. The number of ketones is 1. The van der Waals surface area contributed by atoms with Gasteiger partial charge in [0.25, 0.3) is 5.91 Å². The van der Waals surface area contributed by atoms with E-state index in [2.05, 4.69) is 21.2 Å². The quantitative estimate of drug-likeness (QED) is 0.477. The van der Waals surface area contributed by atoms with E-state index >= 15 is 0 Å². The van der Waals surface area contributed by atoms with Gasteiger partial charge in [-0.25, -0.2) is 0 Å². The molecular weight excluding hydrogens is 446 g/mol. The molecule has 2 heterocycles. The van der Waals surface area contributed by atoms with Gasteiger partial charge in [-0.1, -0.05) is 15.9 Å². The number of furan rings is 1. The van der Waals surface area contributed by atoms with E-state index in [0.717, 1.165) is 35.7 Å². The monoisotopic (exact) mass is 467 g/mol. The lowest BCUT2D eigenvalue weighted by Gasteiger charge is -2.34. The van der Waals surface area contributed by atoms with Crippen LogP contribution in [-0.2, 0) is 0 Å². The number of nitrogens with one attached hydrogen (secondary N) is 1. The number of benzene rings is 2. The van der Waals surface area contributed by atoms with E-state index in [1.165, 1.54) is 0 Å². The van der Waals surface area contributed by atoms with Crippen LogP contribution < -0.4 is 10.1 Å². The molecule has 0 bridgehead atoms. The molecule has 1 fully saturated rings. The van der Waals surface area contributed by atoms with Gasteiger partial charge in [0.2, 0.25) is 0 Å². The molecule has 30 heavy (non-hydrogen) atoms. The molecule has 0 saturated heterocycles. The maximum atomic E-state index is 13.1. The van der Waals surface area contributed by atoms with Crippen molar-refractivity contribution >= 4 is 44.3 Å². The number of halogens is 1. The van der Waals surface area contributed by atoms with Crippen molar-refractivity contribution in [1.82, 2.24) is 0 Å². The van der Waals surface area contributed by atoms with Gasteiger partial charge in [0, 0.05) is 21.1 Å². The SMILES string of the molecule is Cc1cc(NC(=O)c2oc3ccc4c(c3c2C)C(=O)CC2(CCCC2)O4)ccc1Br. The summed E-state index contributed by atoms with van der Waals surface area (Å²) in [6.45, 7) is 3.78. The number of carbonyl (C=O) groups excluding carboxylic acids is 2. The van der Waals surface area contributed by atoms with E-state index in [9.17, 15) is 9.59 Å². The summed E-state index contributed by atoms with van der Waals surface area (Å²) >= 11 is 3.46. The lowest BCUT2D eigenvalue weighted by Crippen LogP contribution is -2.39. The summed E-state index contributed by atoms with van der Waals surface area (Å²) in [5.41, 5.74) is 3.09. The molecule has 3 aromatic rings. The highest BCUT2D eigenvalue weighted by molar-refractivity contribution is 9.10. The first-order valence-corrected chi connectivity index (χ1v) is 11.0. The van der Waals surface area contributed by atoms with Crippen LogP contribution in [0.5, 0.6) is 5.75 Å². The zero-order chi connectivity index (χ0) is 21.0. The normalized spacial score (nSPS) is 17.2. The van der Waals surface area contributed by atoms with Crippen molar-refractivity contribution in [1.29, 1.82) is 0 Å². The van der Waals surface area contributed by atoms with Crippen LogP contribution in [-0.4, -0.2) is 17.3 Å². The number of anilines is 1. The van der Waals surface area contributed by atoms with Gasteiger partial charge in [-0.15, -0.1) is 0 Å². The predicted octanol–water partition coefficient (Wildman–Crippen LogP) is 6.34. The molecule has 2 aromatic carbocycles. The molecule has 1 aromatic heterocycles. The molecule has 6 heteroatoms. The smallest absolute Gasteiger partial charge is 0.291 e. The molecule has 154 valence electrons. The van der Waals surface area contributed by atoms with Crippen molar-refractivity contribution in [2.45, 2.75) is 51.6 Å². The second-order valence-corrected chi connectivity index (χ2v) is 9.23. The van der Waals surface area contributed by atoms with E-state index in [4.69, 9.17) is 9.15 Å². The van der Waals surface area contributed by atoms with Crippen LogP contribution in [0.2, 0.25) is 0 Å². The van der Waals surface area contributed by atoms with E-state index in [-0.39, 0.29) is 23.1 Å². The Kier molecular flexibility index (Phi) is 4.51. The van der Waals surface area contributed by atoms with E-state index in [1.807, 2.05) is 32.0 Å². The molecule has 5 nitrogen and oxygen atoms in total. The lowest BCUT2D eigenvalue weighted by molar-refractivity contribution is 0.0454. The number of Topliss-reactive ketones (excluding diaryl/α,β-unsaturated/α-hetero) is 1. The van der Waals surface area contributed by atoms with Gasteiger partial charge in [0.15, 0.2) is 11.5 Å². The highest BCUT2D eigenvalue weighted by Crippen LogP contribution is 2.46. The van der Waals surface area contributed by atoms with Gasteiger partial charge < -0.3 is 14.5 Å². The fourth-order valence-electron chi connectivity index (χ4n) is 4.76. The van der Waals surface area contributed by atoms with Crippen molar-refractivity contribution in [3.05, 3.63) is 57.3 Å². The van der Waals surface area contributed by atoms with Crippen molar-refractivity contribution in [3.63, 3.8) is 0 Å². The highest BCUT2D eigenvalue weighted by atomic mass is 79.9. The Balaban J connectivity index is 1.53. The van der Waals surface area contributed by atoms with Gasteiger partial charge in [-0.2, -0.15) is 0 Å². The van der Waals surface area contributed by atoms with Crippen molar-refractivity contribution in [2.75, 3.05) is 5.32 Å². The van der Waals surface area contributed by atoms with Crippen LogP contribution in [0.1, 0.15) is 64.1 Å². The predicted molar refractivity (Wildman–Crippen MR) is 119 cm³/mol. The average Bonchev–Trinajstić information content (AvgIpc) is 3.29. The third-order valence-corrected chi connectivity index (χ3v) is 7.17. The standard InChI is InChI=1S/C24H22BrNO4/c1-13-11-15(5-6-16(13)25)26-23(28)22-14(2)20-18(29-22)7-8-19-21(20)17(27)12-24(30-19)9-3-4-10-24/h5-8,11H,3-4,9-10,12H2,1-2H3,(H,26,28). The fraction of sp³-hybridized carbons (Fsp3) is 0.333. The van der Waals surface area contributed by atoms with Crippen LogP contribution >= 0.6 is 15.9 Å². The Morgan fingerprint density at radius 3 is 2.63 bits per heavy atom. The summed E-state index contributed by atoms with van der Waals surface area (Å²) in [6, 6.07) is 9.20. The summed E-state index contributed by atoms with van der Waals surface area (Å²) in [4.78, 5) is 26.0. The molecule has 0 radical (unpaired) electrons. The molecule has 1 amide bonds. The maximum Gasteiger partial charge on any atom is 0.291 e. The number of ether oxygens (including phenoxy) is 1. The van der Waals surface area contributed by atoms with Gasteiger partial charge in [0.1, 0.15) is 16.9 Å². The Bertz CT molecular complexity index is 1200. The number of fused-ring (bicyclic) bond motifs is 3. The minimum atomic E-state index is -0.352. The summed E-state index contributed by atoms with van der Waals surface area (Å²) in [5.74, 6) is 0.562. The van der Waals surface area contributed by atoms with Gasteiger partial charge in [-0.3, -0.25) is 9.59 Å². The number of carbonyl (C=O) groups is 2. The highest BCUT2D eigenvalue weighted by Gasteiger charge is 2.43. The van der Waals surface area contributed by atoms with Crippen LogP contribution in [0.15, 0.2) is 39.2 Å². The summed E-state index contributed by atoms with van der Waals surface area (Å²) in [5, 5.41) is 3.57. The molecule has 5 rings (SSSR count). The van der Waals surface area contributed by atoms with Gasteiger partial charge in [-0.05, 0) is 75.4 Å². The first kappa shape index (κ1) is 19.4. The van der Waals surface area contributed by atoms with Crippen LogP contribution in [0.3, 0.4) is 0 Å². The van der Waals surface area contributed by atoms with Gasteiger partial charge >= 0.3 is 0 Å². The summed E-state index contributed by atoms with van der Waals surface area (Å²) < 4.78 is 13.2. The molecule has 0 atom stereocenters. The average molecular weight is 468 g/mol. The van der Waals surface area contributed by atoms with Crippen molar-refractivity contribution < 1.29 is 18.7 Å². The topological polar surface area (TPSA) is 68.5 Å². The third-order valence-electron chi connectivity index (χ3n) is 6.28. The van der Waals surface area contributed by atoms with Crippen LogP contribution in [0.4, 0.5) is 5.69 Å². The van der Waals surface area contributed by atoms with E-state index in [0.29, 0.717) is 40.0 Å². The minimum Gasteiger partial charge on any atom is -0.486 e. The molecule has 1 spiro atoms. The molecule has 2 aliphatic rings. The number of hydrogen-bond acceptors (Lipinski definition) is 4. The first-order chi connectivity index (χ1) is 14.4. The molecule has 1 saturated carbocycles. The second-order valence-electron chi connectivity index (χ2n) is 8.38. The number of aryl methyl sites for hydroxylation is 2. The third kappa shape index (κ3) is 3.05. The Hall–Kier alpha value is -2.60. The van der Waals surface area contributed by atoms with Gasteiger partial charge in [0.05, 0.1) is 12.0 Å². The minimum absolute atomic E-state index is 0.0724. The Morgan fingerprint density at radius 1 is 1.13 bits per heavy atom. The Morgan fingerprint density at radius 2 is 1.90 bits per heavy atom. The molecule has 1 N–H and O–H groups in total. The summed E-state index contributed by atoms with van der Waals surface area (Å²) in [7, 11) is 0. The number of hydrogen-bond donors (Lipinski definition) is 1. The van der Waals surface area contributed by atoms with Crippen molar-refractivity contribution in [3.8, 4) is 5.75 Å². The second kappa shape index (κ2) is 6.98. The van der Waals surface area contributed by atoms with E-state index in [1.54, 1.807) is 12.1 Å². The fourth-order valence-corrected chi connectivity index (χ4v) is 5.01. The van der Waals surface area contributed by atoms with Crippen LogP contribution in [0.25, 0.3) is 11.0 Å². The zero-order valence-electron chi connectivity index (χ0n) is 16.9. The summed E-state index contributed by atoms with van der Waals surface area (Å²) in [6.07, 6.45) is 4.41. The van der Waals surface area contributed by atoms with E-state index < -0.39 is 0 Å². The Labute approximate surface area is 182 Å². The first-order valence-electron chi connectivity index (χ1n) is 10.2. The molecular formula is C24H22BrNO4. The van der Waals surface area contributed by atoms with Crippen LogP contribution in [0, 0.1) is 13.8 Å². The molecule has 0 unspecified atom stereocenters. The lowest BCUT2D eigenvalue weighted by atomic mass is 9.87. The largest absolute Gasteiger partial charge is 0.486 e. The number of amides is 1. The van der Waals surface area contributed by atoms with Crippen molar-refractivity contribution in [2.24, 2.45) is 0 Å².